The number of fused-ring (bicyclic) bond motifs is 1. The summed E-state index contributed by atoms with van der Waals surface area (Å²) in [4.78, 5) is 86.0. The van der Waals surface area contributed by atoms with Gasteiger partial charge in [0, 0.05) is 61.8 Å². The Balaban J connectivity index is 0.00000199. The quantitative estimate of drug-likeness (QED) is 0.0401. The average Bonchev–Trinajstić information content (AvgIpc) is 3.79. The molecule has 2 aromatic heterocycles. The molecule has 1 aliphatic heterocycles. The summed E-state index contributed by atoms with van der Waals surface area (Å²) >= 11 is 0. The summed E-state index contributed by atoms with van der Waals surface area (Å²) in [5.74, 6) is -1.00. The third-order valence-electron chi connectivity index (χ3n) is 9.56. The molecule has 0 bridgehead atoms. The summed E-state index contributed by atoms with van der Waals surface area (Å²) in [6.07, 6.45) is 4.70. The molecule has 3 radical (unpaired) electrons. The van der Waals surface area contributed by atoms with E-state index in [4.69, 9.17) is 23.9 Å². The normalized spacial score (nSPS) is 11.5. The van der Waals surface area contributed by atoms with E-state index in [-0.39, 0.29) is 45.6 Å². The SMILES string of the molecule is Cc1ccccc1NC(=O)Nc1ccc(CC(=O)N[C@@H](CCCCN(Cc2ccccn2)Cc2ccccn2)C(=O)N[C@@H](CC(=O)O)c2ccc3c(c2)OCO3)cc1.[C-]=O.[C-]=O.[CH+]=O.[Tc]. The Hall–Kier alpha value is -7.23. The van der Waals surface area contributed by atoms with Crippen molar-refractivity contribution >= 4 is 55.6 Å². The Labute approximate surface area is 391 Å². The van der Waals surface area contributed by atoms with Crippen LogP contribution < -0.4 is 30.7 Å². The van der Waals surface area contributed by atoms with Gasteiger partial charge in [-0.1, -0.05) is 48.5 Å². The number of hydrogen-bond donors (Lipinski definition) is 5. The first-order chi connectivity index (χ1) is 31.2. The van der Waals surface area contributed by atoms with E-state index in [0.29, 0.717) is 72.9 Å². The minimum absolute atomic E-state index is 0. The molecule has 2 atom stereocenters. The van der Waals surface area contributed by atoms with E-state index < -0.39 is 30.0 Å². The first-order valence-electron chi connectivity index (χ1n) is 19.8. The molecule has 3 heterocycles. The summed E-state index contributed by atoms with van der Waals surface area (Å²) in [6.45, 7) is 16.1. The van der Waals surface area contributed by atoms with Gasteiger partial charge >= 0.3 is 18.8 Å². The first-order valence-corrected chi connectivity index (χ1v) is 19.8. The van der Waals surface area contributed by atoms with E-state index in [1.165, 1.54) is 0 Å². The number of anilines is 2. The maximum atomic E-state index is 14.0. The number of aliphatic carboxylic acids is 1. The van der Waals surface area contributed by atoms with Crippen LogP contribution in [0, 0.1) is 6.92 Å². The molecule has 1 aliphatic rings. The van der Waals surface area contributed by atoms with Crippen molar-refractivity contribution < 1.29 is 68.2 Å². The number of urea groups is 1. The van der Waals surface area contributed by atoms with Gasteiger partial charge in [0.2, 0.25) is 18.6 Å². The van der Waals surface area contributed by atoms with Gasteiger partial charge in [-0.3, -0.25) is 29.3 Å². The number of aromatic nitrogens is 2. The van der Waals surface area contributed by atoms with Gasteiger partial charge in [0.05, 0.1) is 30.3 Å². The molecule has 5 aromatic rings. The number of nitrogens with one attached hydrogen (secondary N) is 4. The van der Waals surface area contributed by atoms with Crippen LogP contribution in [0.3, 0.4) is 0 Å². The van der Waals surface area contributed by atoms with E-state index >= 15 is 0 Å². The number of rotatable bonds is 19. The number of carbonyl (C=O) groups is 4. The Morgan fingerprint density at radius 3 is 1.98 bits per heavy atom. The molecule has 3 aromatic carbocycles. The molecule has 0 saturated heterocycles. The van der Waals surface area contributed by atoms with E-state index in [9.17, 15) is 24.3 Å². The molecule has 5 N–H and O–H groups in total. The third kappa shape index (κ3) is 18.6. The van der Waals surface area contributed by atoms with Crippen molar-refractivity contribution in [1.82, 2.24) is 25.5 Å². The molecule has 0 spiro atoms. The second kappa shape index (κ2) is 30.0. The van der Waals surface area contributed by atoms with E-state index in [0.717, 1.165) is 17.0 Å². The van der Waals surface area contributed by atoms with Crippen LogP contribution in [0.5, 0.6) is 11.5 Å². The van der Waals surface area contributed by atoms with Crippen LogP contribution in [0.25, 0.3) is 0 Å². The summed E-state index contributed by atoms with van der Waals surface area (Å²) in [5, 5.41) is 21.2. The topological polar surface area (TPSA) is 235 Å². The van der Waals surface area contributed by atoms with Crippen molar-refractivity contribution in [3.63, 3.8) is 0 Å². The molecule has 0 saturated carbocycles. The number of pyridine rings is 2. The van der Waals surface area contributed by atoms with Gasteiger partial charge in [-0.15, -0.1) is 0 Å². The van der Waals surface area contributed by atoms with Crippen LogP contribution >= 0.6 is 0 Å². The van der Waals surface area contributed by atoms with Gasteiger partial charge in [-0.2, -0.15) is 0 Å². The summed E-state index contributed by atoms with van der Waals surface area (Å²) < 4.78 is 10.9. The van der Waals surface area contributed by atoms with E-state index in [1.807, 2.05) is 67.6 Å². The maximum absolute atomic E-state index is 14.0. The number of nitrogens with zero attached hydrogens (tertiary/aromatic N) is 3. The molecule has 0 aliphatic carbocycles. The van der Waals surface area contributed by atoms with Gasteiger partial charge in [-0.25, -0.2) is 4.79 Å². The minimum Gasteiger partial charge on any atom is -0.573 e. The van der Waals surface area contributed by atoms with Crippen molar-refractivity contribution in [2.45, 2.75) is 64.2 Å². The molecule has 0 unspecified atom stereocenters. The predicted octanol–water partition coefficient (Wildman–Crippen LogP) is 5.32. The van der Waals surface area contributed by atoms with Crippen LogP contribution in [0.2, 0.25) is 0 Å². The van der Waals surface area contributed by atoms with Gasteiger partial charge in [0.1, 0.15) is 6.04 Å². The van der Waals surface area contributed by atoms with Gasteiger partial charge in [0.15, 0.2) is 11.5 Å². The molecule has 0 fully saturated rings. The van der Waals surface area contributed by atoms with E-state index in [2.05, 4.69) is 56.5 Å². The number of para-hydroxylation sites is 1. The van der Waals surface area contributed by atoms with Gasteiger partial charge < -0.3 is 59.0 Å². The fourth-order valence-corrected chi connectivity index (χ4v) is 6.57. The number of unbranched alkanes of at least 4 members (excludes halogenated alkanes) is 1. The van der Waals surface area contributed by atoms with E-state index in [1.54, 1.807) is 54.9 Å². The molecule has 65 heavy (non-hydrogen) atoms. The Kier molecular flexibility index (Phi) is 24.8. The zero-order chi connectivity index (χ0) is 46.7. The number of aryl methyl sites for hydroxylation is 1. The van der Waals surface area contributed by atoms with Crippen molar-refractivity contribution in [1.29, 1.82) is 0 Å². The number of benzene rings is 3. The van der Waals surface area contributed by atoms with Crippen LogP contribution in [0.1, 0.15) is 59.8 Å². The zero-order valence-electron chi connectivity index (χ0n) is 35.4. The maximum Gasteiger partial charge on any atom is 0.490 e. The minimum atomic E-state index is -1.10. The molecule has 4 amide bonds. The smallest absolute Gasteiger partial charge is 0.490 e. The van der Waals surface area contributed by atoms with Crippen LogP contribution in [-0.2, 0) is 68.4 Å². The standard InChI is InChI=1S/C44H47N7O7.CHO.2CO.Tc/c1-30-10-2-3-13-36(30)50-44(56)47-33-18-15-31(16-19-33)24-41(52)48-37(43(55)49-38(26-42(53)54)32-17-20-39-40(25-32)58-29-57-39)14-6-9-23-51(27-34-11-4-7-21-45-34)28-35-12-5-8-22-46-35;3*1-2;/h2-5,7-8,10-13,15-22,25,37-38H,6,9,14,23-24,26-29H2,1H3,(H,48,52)(H,49,55)(H,53,54)(H2,47,50,56);1H;;;/q;+1;2*-1;/t37-,38-;;;;/m0..../s1. The number of carboxylic acids is 1. The van der Waals surface area contributed by atoms with Crippen LogP contribution in [-0.4, -0.2) is 83.5 Å². The largest absolute Gasteiger partial charge is 0.573 e. The third-order valence-corrected chi connectivity index (χ3v) is 9.56. The van der Waals surface area contributed by atoms with Crippen molar-refractivity contribution in [2.75, 3.05) is 24.0 Å². The average molecular weight is 969 g/mol. The Morgan fingerprint density at radius 1 is 0.769 bits per heavy atom. The fraction of sp³-hybridized carbons (Fsp3) is 0.255. The zero-order valence-corrected chi connectivity index (χ0v) is 37.3. The number of hydrogen-bond acceptors (Lipinski definition) is 12. The number of carbonyl (C=O) groups excluding carboxylic acids is 6. The molecular formula is C47H48N7O10Tc-. The first kappa shape index (κ1) is 53.9. The van der Waals surface area contributed by atoms with Crippen LogP contribution in [0.15, 0.2) is 116 Å². The number of carboxylic acid groups (broad SMARTS) is 1. The van der Waals surface area contributed by atoms with Gasteiger partial charge in [-0.05, 0) is 104 Å². The Morgan fingerprint density at radius 2 is 1.38 bits per heavy atom. The van der Waals surface area contributed by atoms with Gasteiger partial charge in [0.25, 0.3) is 0 Å². The molecule has 18 heteroatoms. The summed E-state index contributed by atoms with van der Waals surface area (Å²) in [7, 11) is 0. The number of amides is 4. The Bertz CT molecular complexity index is 2180. The summed E-state index contributed by atoms with van der Waals surface area (Å²) in [5.41, 5.74) is 5.22. The summed E-state index contributed by atoms with van der Waals surface area (Å²) in [6, 6.07) is 28.7. The van der Waals surface area contributed by atoms with Crippen LogP contribution in [0.4, 0.5) is 16.2 Å². The fourth-order valence-electron chi connectivity index (χ4n) is 6.57. The monoisotopic (exact) mass is 967 g/mol. The van der Waals surface area contributed by atoms with Crippen molar-refractivity contribution in [2.24, 2.45) is 0 Å². The van der Waals surface area contributed by atoms with Crippen molar-refractivity contribution in [3.05, 3.63) is 144 Å². The predicted molar refractivity (Wildman–Crippen MR) is 236 cm³/mol. The molecular weight excluding hydrogens is 921 g/mol. The second-order valence-corrected chi connectivity index (χ2v) is 14.0. The second-order valence-electron chi connectivity index (χ2n) is 14.0. The molecule has 6 rings (SSSR count). The number of ether oxygens (including phenoxy) is 2. The molecule has 339 valence electrons. The molecule has 17 nitrogen and oxygen atoms in total. The van der Waals surface area contributed by atoms with Crippen molar-refractivity contribution in [3.8, 4) is 11.5 Å².